The first-order valence-electron chi connectivity index (χ1n) is 6.13. The monoisotopic (exact) mass is 293 g/mol. The van der Waals surface area contributed by atoms with Crippen LogP contribution in [0.15, 0.2) is 18.2 Å². The summed E-state index contributed by atoms with van der Waals surface area (Å²) >= 11 is 8.03. The van der Waals surface area contributed by atoms with Crippen molar-refractivity contribution >= 4 is 34.4 Å². The molecular formula is C14H16ClN3S. The first-order chi connectivity index (χ1) is 9.08. The molecule has 1 heterocycles. The minimum atomic E-state index is -0.151. The van der Waals surface area contributed by atoms with Gasteiger partial charge in [0.2, 0.25) is 0 Å². The second-order valence-electron chi connectivity index (χ2n) is 4.58. The summed E-state index contributed by atoms with van der Waals surface area (Å²) in [5.74, 6) is 1.85. The van der Waals surface area contributed by atoms with E-state index in [1.54, 1.807) is 17.8 Å². The molecule has 0 spiro atoms. The van der Waals surface area contributed by atoms with Crippen molar-refractivity contribution < 1.29 is 0 Å². The van der Waals surface area contributed by atoms with E-state index in [2.05, 4.69) is 28.8 Å². The zero-order chi connectivity index (χ0) is 14.0. The third-order valence-corrected chi connectivity index (χ3v) is 4.06. The van der Waals surface area contributed by atoms with E-state index in [4.69, 9.17) is 16.9 Å². The number of halogens is 1. The molecule has 2 atom stereocenters. The van der Waals surface area contributed by atoms with Gasteiger partial charge >= 0.3 is 0 Å². The Kier molecular flexibility index (Phi) is 4.38. The molecule has 0 radical (unpaired) electrons. The minimum absolute atomic E-state index is 0.151. The number of alkyl halides is 1. The van der Waals surface area contributed by atoms with Crippen LogP contribution in [0.5, 0.6) is 0 Å². The van der Waals surface area contributed by atoms with Crippen LogP contribution in [-0.4, -0.2) is 21.6 Å². The Bertz CT molecular complexity index is 627. The molecule has 19 heavy (non-hydrogen) atoms. The standard InChI is InChI=1S/C14H16ClN3S/c1-9(8-19-3)18-13-6-11(7-16)4-5-12(13)17-14(18)10(2)15/h4-6,9-10H,8H2,1-3H3. The van der Waals surface area contributed by atoms with Crippen LogP contribution >= 0.6 is 23.4 Å². The SMILES string of the molecule is CSCC(C)n1c(C(C)Cl)nc2ccc(C#N)cc21. The number of imidazole rings is 1. The molecule has 0 aliphatic rings. The van der Waals surface area contributed by atoms with E-state index in [1.807, 2.05) is 19.1 Å². The van der Waals surface area contributed by atoms with E-state index in [0.29, 0.717) is 11.6 Å². The minimum Gasteiger partial charge on any atom is -0.323 e. The number of rotatable bonds is 4. The number of fused-ring (bicyclic) bond motifs is 1. The second-order valence-corrected chi connectivity index (χ2v) is 6.14. The number of nitriles is 1. The average Bonchev–Trinajstić information content (AvgIpc) is 2.77. The van der Waals surface area contributed by atoms with Crippen LogP contribution in [-0.2, 0) is 0 Å². The smallest absolute Gasteiger partial charge is 0.127 e. The van der Waals surface area contributed by atoms with Crippen LogP contribution in [0.2, 0.25) is 0 Å². The maximum Gasteiger partial charge on any atom is 0.127 e. The molecule has 0 saturated carbocycles. The summed E-state index contributed by atoms with van der Waals surface area (Å²) in [6, 6.07) is 8.04. The fraction of sp³-hybridized carbons (Fsp3) is 0.429. The van der Waals surface area contributed by atoms with Crippen molar-refractivity contribution in [3.8, 4) is 6.07 Å². The molecule has 2 aromatic rings. The van der Waals surface area contributed by atoms with E-state index >= 15 is 0 Å². The van der Waals surface area contributed by atoms with Gasteiger partial charge in [-0.15, -0.1) is 11.6 Å². The van der Waals surface area contributed by atoms with Gasteiger partial charge in [0, 0.05) is 11.8 Å². The molecule has 0 aliphatic carbocycles. The Morgan fingerprint density at radius 2 is 2.21 bits per heavy atom. The number of nitrogens with zero attached hydrogens (tertiary/aromatic N) is 3. The molecule has 0 fully saturated rings. The lowest BCUT2D eigenvalue weighted by Gasteiger charge is -2.17. The van der Waals surface area contributed by atoms with Gasteiger partial charge in [-0.3, -0.25) is 0 Å². The van der Waals surface area contributed by atoms with Crippen LogP contribution < -0.4 is 0 Å². The molecule has 3 nitrogen and oxygen atoms in total. The van der Waals surface area contributed by atoms with E-state index in [1.165, 1.54) is 0 Å². The van der Waals surface area contributed by atoms with Gasteiger partial charge in [0.05, 0.1) is 28.0 Å². The maximum absolute atomic E-state index is 9.04. The first-order valence-corrected chi connectivity index (χ1v) is 7.96. The van der Waals surface area contributed by atoms with Crippen molar-refractivity contribution in [2.75, 3.05) is 12.0 Å². The molecule has 1 aromatic heterocycles. The highest BCUT2D eigenvalue weighted by molar-refractivity contribution is 7.98. The summed E-state index contributed by atoms with van der Waals surface area (Å²) in [6.07, 6.45) is 2.08. The van der Waals surface area contributed by atoms with E-state index in [0.717, 1.165) is 22.6 Å². The highest BCUT2D eigenvalue weighted by Crippen LogP contribution is 2.29. The van der Waals surface area contributed by atoms with Gasteiger partial charge in [-0.2, -0.15) is 17.0 Å². The van der Waals surface area contributed by atoms with Crippen LogP contribution in [0.3, 0.4) is 0 Å². The van der Waals surface area contributed by atoms with Gasteiger partial charge in [0.1, 0.15) is 5.82 Å². The van der Waals surface area contributed by atoms with E-state index in [9.17, 15) is 0 Å². The molecule has 0 aliphatic heterocycles. The molecule has 2 unspecified atom stereocenters. The van der Waals surface area contributed by atoms with Crippen molar-refractivity contribution in [2.45, 2.75) is 25.3 Å². The molecule has 0 amide bonds. The van der Waals surface area contributed by atoms with Crippen LogP contribution in [0.4, 0.5) is 0 Å². The Morgan fingerprint density at radius 1 is 1.47 bits per heavy atom. The average molecular weight is 294 g/mol. The van der Waals surface area contributed by atoms with Crippen LogP contribution in [0.25, 0.3) is 11.0 Å². The Labute approximate surface area is 122 Å². The van der Waals surface area contributed by atoms with Gasteiger partial charge in [-0.25, -0.2) is 4.98 Å². The summed E-state index contributed by atoms with van der Waals surface area (Å²) < 4.78 is 2.16. The zero-order valence-corrected chi connectivity index (χ0v) is 12.8. The lowest BCUT2D eigenvalue weighted by Crippen LogP contribution is -2.12. The number of hydrogen-bond donors (Lipinski definition) is 0. The normalized spacial score (nSPS) is 14.3. The summed E-state index contributed by atoms with van der Waals surface area (Å²) in [4.78, 5) is 4.60. The Hall–Kier alpha value is -1.18. The quantitative estimate of drug-likeness (QED) is 0.796. The Balaban J connectivity index is 2.67. The van der Waals surface area contributed by atoms with Crippen LogP contribution in [0, 0.1) is 11.3 Å². The molecular weight excluding hydrogens is 278 g/mol. The fourth-order valence-corrected chi connectivity index (χ4v) is 3.03. The van der Waals surface area contributed by atoms with Gasteiger partial charge in [0.25, 0.3) is 0 Å². The Morgan fingerprint density at radius 3 is 2.79 bits per heavy atom. The predicted octanol–water partition coefficient (Wildman–Crippen LogP) is 4.13. The number of thioether (sulfide) groups is 1. The lowest BCUT2D eigenvalue weighted by atomic mass is 10.2. The molecule has 0 saturated heterocycles. The summed E-state index contributed by atoms with van der Waals surface area (Å²) in [7, 11) is 0. The van der Waals surface area contributed by atoms with Gasteiger partial charge in [-0.1, -0.05) is 0 Å². The van der Waals surface area contributed by atoms with Gasteiger partial charge < -0.3 is 4.57 Å². The highest BCUT2D eigenvalue weighted by Gasteiger charge is 2.19. The van der Waals surface area contributed by atoms with Crippen molar-refractivity contribution in [1.82, 2.24) is 9.55 Å². The third-order valence-electron chi connectivity index (χ3n) is 3.05. The maximum atomic E-state index is 9.04. The third kappa shape index (κ3) is 2.72. The number of aromatic nitrogens is 2. The topological polar surface area (TPSA) is 41.6 Å². The molecule has 5 heteroatoms. The first kappa shape index (κ1) is 14.2. The van der Waals surface area contributed by atoms with E-state index in [-0.39, 0.29) is 5.38 Å². The van der Waals surface area contributed by atoms with Crippen molar-refractivity contribution in [2.24, 2.45) is 0 Å². The van der Waals surface area contributed by atoms with Gasteiger partial charge in [0.15, 0.2) is 0 Å². The van der Waals surface area contributed by atoms with Crippen molar-refractivity contribution in [3.05, 3.63) is 29.6 Å². The molecule has 0 N–H and O–H groups in total. The molecule has 2 rings (SSSR count). The van der Waals surface area contributed by atoms with Crippen LogP contribution in [0.1, 0.15) is 36.7 Å². The fourth-order valence-electron chi connectivity index (χ4n) is 2.24. The predicted molar refractivity (Wildman–Crippen MR) is 81.8 cm³/mol. The zero-order valence-electron chi connectivity index (χ0n) is 11.2. The van der Waals surface area contributed by atoms with Gasteiger partial charge in [-0.05, 0) is 38.3 Å². The molecule has 1 aromatic carbocycles. The van der Waals surface area contributed by atoms with Crippen molar-refractivity contribution in [1.29, 1.82) is 5.26 Å². The van der Waals surface area contributed by atoms with E-state index < -0.39 is 0 Å². The molecule has 0 bridgehead atoms. The lowest BCUT2D eigenvalue weighted by molar-refractivity contribution is 0.593. The summed E-state index contributed by atoms with van der Waals surface area (Å²) in [5.41, 5.74) is 2.54. The highest BCUT2D eigenvalue weighted by atomic mass is 35.5. The van der Waals surface area contributed by atoms with Crippen molar-refractivity contribution in [3.63, 3.8) is 0 Å². The second kappa shape index (κ2) is 5.85. The largest absolute Gasteiger partial charge is 0.323 e. The molecule has 100 valence electrons. The summed E-state index contributed by atoms with van der Waals surface area (Å²) in [5, 5.41) is 8.89. The summed E-state index contributed by atoms with van der Waals surface area (Å²) in [6.45, 7) is 4.08. The number of hydrogen-bond acceptors (Lipinski definition) is 3. The number of benzene rings is 1.